The lowest BCUT2D eigenvalue weighted by Gasteiger charge is -1.94. The highest BCUT2D eigenvalue weighted by molar-refractivity contribution is 5.24. The van der Waals surface area contributed by atoms with E-state index in [0.717, 1.165) is 19.3 Å². The van der Waals surface area contributed by atoms with Crippen LogP contribution in [0.3, 0.4) is 0 Å². The second-order valence-corrected chi connectivity index (χ2v) is 2.41. The van der Waals surface area contributed by atoms with Gasteiger partial charge in [-0.05, 0) is 18.4 Å². The fraction of sp³-hybridized carbons (Fsp3) is 0.600. The minimum atomic E-state index is 1.07. The molecule has 0 fully saturated rings. The second-order valence-electron chi connectivity index (χ2n) is 2.41. The molecule has 56 valence electrons. The van der Waals surface area contributed by atoms with Crippen molar-refractivity contribution in [3.63, 3.8) is 0 Å². The summed E-state index contributed by atoms with van der Waals surface area (Å²) in [6.45, 7) is 4.31. The molecule has 0 amide bonds. The molecule has 0 saturated carbocycles. The van der Waals surface area contributed by atoms with Crippen LogP contribution in [0.1, 0.15) is 39.5 Å². The van der Waals surface area contributed by atoms with E-state index in [9.17, 15) is 0 Å². The lowest BCUT2D eigenvalue weighted by atomic mass is 10.1. The molecule has 0 atom stereocenters. The van der Waals surface area contributed by atoms with Gasteiger partial charge >= 0.3 is 0 Å². The maximum absolute atomic E-state index is 5.28. The number of allylic oxidation sites excluding steroid dienone is 2. The standard InChI is InChI=1S/C10H16/c1-4-7-9-10(6-3)8-5-2/h3,9H,4-5,7-8H2,1-2H3. The average Bonchev–Trinajstić information content (AvgIpc) is 1.98. The maximum atomic E-state index is 5.28. The molecule has 0 aliphatic heterocycles. The molecule has 0 aromatic rings. The van der Waals surface area contributed by atoms with Gasteiger partial charge < -0.3 is 0 Å². The van der Waals surface area contributed by atoms with Crippen molar-refractivity contribution in [2.45, 2.75) is 39.5 Å². The van der Waals surface area contributed by atoms with Gasteiger partial charge in [-0.1, -0.05) is 38.7 Å². The van der Waals surface area contributed by atoms with Gasteiger partial charge in [-0.25, -0.2) is 0 Å². The molecule has 0 unspecified atom stereocenters. The molecule has 0 aliphatic rings. The Morgan fingerprint density at radius 1 is 1.40 bits per heavy atom. The number of terminal acetylenes is 1. The Balaban J connectivity index is 3.70. The summed E-state index contributed by atoms with van der Waals surface area (Å²) in [6, 6.07) is 0. The first kappa shape index (κ1) is 9.30. The third-order valence-electron chi connectivity index (χ3n) is 1.38. The van der Waals surface area contributed by atoms with Gasteiger partial charge in [0.1, 0.15) is 0 Å². The van der Waals surface area contributed by atoms with Gasteiger partial charge in [-0.15, -0.1) is 6.42 Å². The Morgan fingerprint density at radius 2 is 2.10 bits per heavy atom. The van der Waals surface area contributed by atoms with Crippen LogP contribution in [0.4, 0.5) is 0 Å². The van der Waals surface area contributed by atoms with Crippen LogP contribution < -0.4 is 0 Å². The highest BCUT2D eigenvalue weighted by Gasteiger charge is 1.87. The van der Waals surface area contributed by atoms with Crippen LogP contribution in [0.15, 0.2) is 11.6 Å². The van der Waals surface area contributed by atoms with Crippen LogP contribution in [0, 0.1) is 12.3 Å². The molecular formula is C10H16. The van der Waals surface area contributed by atoms with Gasteiger partial charge in [0.05, 0.1) is 0 Å². The summed E-state index contributed by atoms with van der Waals surface area (Å²) < 4.78 is 0. The van der Waals surface area contributed by atoms with E-state index in [0.29, 0.717) is 0 Å². The Morgan fingerprint density at radius 3 is 2.50 bits per heavy atom. The van der Waals surface area contributed by atoms with E-state index in [1.165, 1.54) is 12.0 Å². The molecule has 0 N–H and O–H groups in total. The fourth-order valence-corrected chi connectivity index (χ4v) is 0.821. The van der Waals surface area contributed by atoms with Gasteiger partial charge in [0, 0.05) is 0 Å². The average molecular weight is 136 g/mol. The summed E-state index contributed by atoms with van der Waals surface area (Å²) >= 11 is 0. The topological polar surface area (TPSA) is 0 Å². The van der Waals surface area contributed by atoms with Crippen molar-refractivity contribution in [3.8, 4) is 12.3 Å². The number of rotatable bonds is 4. The molecule has 0 aromatic carbocycles. The predicted molar refractivity (Wildman–Crippen MR) is 46.7 cm³/mol. The van der Waals surface area contributed by atoms with Gasteiger partial charge in [-0.3, -0.25) is 0 Å². The normalized spacial score (nSPS) is 11.1. The number of unbranched alkanes of at least 4 members (excludes halogenated alkanes) is 1. The van der Waals surface area contributed by atoms with Crippen LogP contribution in [0.2, 0.25) is 0 Å². The molecule has 0 aliphatic carbocycles. The van der Waals surface area contributed by atoms with Crippen LogP contribution in [0.25, 0.3) is 0 Å². The molecule has 0 heteroatoms. The summed E-state index contributed by atoms with van der Waals surface area (Å²) in [7, 11) is 0. The van der Waals surface area contributed by atoms with Crippen LogP contribution in [-0.4, -0.2) is 0 Å². The van der Waals surface area contributed by atoms with Crippen molar-refractivity contribution < 1.29 is 0 Å². The Hall–Kier alpha value is -0.700. The van der Waals surface area contributed by atoms with Crippen LogP contribution in [-0.2, 0) is 0 Å². The highest BCUT2D eigenvalue weighted by Crippen LogP contribution is 2.04. The second kappa shape index (κ2) is 6.42. The molecule has 0 spiro atoms. The Kier molecular flexibility index (Phi) is 5.97. The van der Waals surface area contributed by atoms with Crippen molar-refractivity contribution in [2.75, 3.05) is 0 Å². The number of hydrogen-bond donors (Lipinski definition) is 0. The molecule has 0 heterocycles. The van der Waals surface area contributed by atoms with Gasteiger partial charge in [0.25, 0.3) is 0 Å². The Labute approximate surface area is 64.3 Å². The largest absolute Gasteiger partial charge is 0.115 e. The van der Waals surface area contributed by atoms with E-state index in [4.69, 9.17) is 6.42 Å². The monoisotopic (exact) mass is 136 g/mol. The van der Waals surface area contributed by atoms with Gasteiger partial charge in [0.15, 0.2) is 0 Å². The molecular weight excluding hydrogens is 120 g/mol. The van der Waals surface area contributed by atoms with Crippen molar-refractivity contribution in [1.82, 2.24) is 0 Å². The molecule has 0 rings (SSSR count). The summed E-state index contributed by atoms with van der Waals surface area (Å²) in [5.41, 5.74) is 1.17. The summed E-state index contributed by atoms with van der Waals surface area (Å²) in [5.74, 6) is 2.70. The highest BCUT2D eigenvalue weighted by atomic mass is 13.9. The minimum absolute atomic E-state index is 1.07. The van der Waals surface area contributed by atoms with Crippen molar-refractivity contribution in [3.05, 3.63) is 11.6 Å². The first-order valence-corrected chi connectivity index (χ1v) is 4.00. The number of hydrogen-bond acceptors (Lipinski definition) is 0. The zero-order valence-corrected chi connectivity index (χ0v) is 6.98. The van der Waals surface area contributed by atoms with Crippen LogP contribution in [0.5, 0.6) is 0 Å². The summed E-state index contributed by atoms with van der Waals surface area (Å²) in [4.78, 5) is 0. The molecule has 0 aromatic heterocycles. The maximum Gasteiger partial charge on any atom is -0.00224 e. The minimum Gasteiger partial charge on any atom is -0.115 e. The van der Waals surface area contributed by atoms with E-state index in [1.807, 2.05) is 0 Å². The van der Waals surface area contributed by atoms with E-state index < -0.39 is 0 Å². The SMILES string of the molecule is C#CC(=CCCC)CCC. The lowest BCUT2D eigenvalue weighted by molar-refractivity contribution is 0.900. The molecule has 0 saturated heterocycles. The summed E-state index contributed by atoms with van der Waals surface area (Å²) in [6.07, 6.45) is 12.0. The van der Waals surface area contributed by atoms with Crippen molar-refractivity contribution >= 4 is 0 Å². The molecule has 10 heavy (non-hydrogen) atoms. The third kappa shape index (κ3) is 4.21. The quantitative estimate of drug-likeness (QED) is 0.521. The fourth-order valence-electron chi connectivity index (χ4n) is 0.821. The first-order valence-electron chi connectivity index (χ1n) is 4.00. The summed E-state index contributed by atoms with van der Waals surface area (Å²) in [5, 5.41) is 0. The van der Waals surface area contributed by atoms with Crippen LogP contribution >= 0.6 is 0 Å². The van der Waals surface area contributed by atoms with Crippen molar-refractivity contribution in [1.29, 1.82) is 0 Å². The van der Waals surface area contributed by atoms with E-state index >= 15 is 0 Å². The van der Waals surface area contributed by atoms with Crippen molar-refractivity contribution in [2.24, 2.45) is 0 Å². The molecule has 0 bridgehead atoms. The predicted octanol–water partition coefficient (Wildman–Crippen LogP) is 3.15. The smallest absolute Gasteiger partial charge is 0.00224 e. The molecule has 0 radical (unpaired) electrons. The van der Waals surface area contributed by atoms with E-state index in [-0.39, 0.29) is 0 Å². The zero-order chi connectivity index (χ0) is 7.82. The molecule has 0 nitrogen and oxygen atoms in total. The lowest BCUT2D eigenvalue weighted by Crippen LogP contribution is -1.77. The van der Waals surface area contributed by atoms with Gasteiger partial charge in [0.2, 0.25) is 0 Å². The van der Waals surface area contributed by atoms with E-state index in [1.54, 1.807) is 0 Å². The first-order chi connectivity index (χ1) is 4.85. The van der Waals surface area contributed by atoms with Gasteiger partial charge in [-0.2, -0.15) is 0 Å². The third-order valence-corrected chi connectivity index (χ3v) is 1.38. The van der Waals surface area contributed by atoms with E-state index in [2.05, 4.69) is 25.8 Å². The Bertz CT molecular complexity index is 135. The zero-order valence-electron chi connectivity index (χ0n) is 6.98.